The summed E-state index contributed by atoms with van der Waals surface area (Å²) in [4.78, 5) is 14.9. The van der Waals surface area contributed by atoms with Crippen molar-refractivity contribution in [2.24, 2.45) is 23.2 Å². The maximum atomic E-state index is 12.5. The number of carbonyl (C=O) groups excluding carboxylic acids is 1. The maximum absolute atomic E-state index is 12.5. The first kappa shape index (κ1) is 12.3. The van der Waals surface area contributed by atoms with Gasteiger partial charge in [-0.1, -0.05) is 6.92 Å². The van der Waals surface area contributed by atoms with E-state index in [2.05, 4.69) is 11.8 Å². The summed E-state index contributed by atoms with van der Waals surface area (Å²) in [5, 5.41) is 11.6. The van der Waals surface area contributed by atoms with Crippen LogP contribution < -0.4 is 0 Å². The number of rotatable bonds is 0. The van der Waals surface area contributed by atoms with Gasteiger partial charge in [0, 0.05) is 30.8 Å². The highest BCUT2D eigenvalue weighted by molar-refractivity contribution is 5.85. The van der Waals surface area contributed by atoms with E-state index >= 15 is 0 Å². The number of piperidine rings is 1. The van der Waals surface area contributed by atoms with Crippen molar-refractivity contribution in [3.05, 3.63) is 0 Å². The van der Waals surface area contributed by atoms with Crippen molar-refractivity contribution in [3.63, 3.8) is 0 Å². The zero-order chi connectivity index (χ0) is 13.3. The number of hydrogen-bond donors (Lipinski definition) is 1. The molecule has 3 unspecified atom stereocenters. The van der Waals surface area contributed by atoms with Crippen molar-refractivity contribution < 1.29 is 9.90 Å². The summed E-state index contributed by atoms with van der Waals surface area (Å²) in [6.07, 6.45) is 7.12. The Morgan fingerprint density at radius 3 is 2.95 bits per heavy atom. The summed E-state index contributed by atoms with van der Waals surface area (Å²) in [5.74, 6) is 1.61. The van der Waals surface area contributed by atoms with Gasteiger partial charge >= 0.3 is 0 Å². The first-order valence-corrected chi connectivity index (χ1v) is 8.08. The second kappa shape index (κ2) is 3.82. The average Bonchev–Trinajstić information content (AvgIpc) is 2.59. The molecule has 0 aromatic heterocycles. The fourth-order valence-electron chi connectivity index (χ4n) is 6.23. The largest absolute Gasteiger partial charge is 0.375 e. The molecule has 0 aromatic rings. The third-order valence-electron chi connectivity index (χ3n) is 6.71. The van der Waals surface area contributed by atoms with Gasteiger partial charge in [-0.2, -0.15) is 0 Å². The Kier molecular flexibility index (Phi) is 2.48. The van der Waals surface area contributed by atoms with Crippen molar-refractivity contribution in [3.8, 4) is 0 Å². The van der Waals surface area contributed by atoms with Gasteiger partial charge in [-0.3, -0.25) is 9.69 Å². The van der Waals surface area contributed by atoms with Crippen LogP contribution in [0.3, 0.4) is 0 Å². The minimum Gasteiger partial charge on any atom is -0.375 e. The Labute approximate surface area is 115 Å². The molecular formula is C16H25NO2. The Balaban J connectivity index is 1.90. The van der Waals surface area contributed by atoms with Gasteiger partial charge in [0.1, 0.15) is 11.5 Å². The Hall–Kier alpha value is -0.410. The summed E-state index contributed by atoms with van der Waals surface area (Å²) in [6, 6.07) is 0. The van der Waals surface area contributed by atoms with Crippen molar-refractivity contribution in [1.29, 1.82) is 0 Å². The van der Waals surface area contributed by atoms with Gasteiger partial charge < -0.3 is 5.11 Å². The summed E-state index contributed by atoms with van der Waals surface area (Å²) in [5.41, 5.74) is -0.772. The number of nitrogens with zero attached hydrogens (tertiary/aromatic N) is 1. The summed E-state index contributed by atoms with van der Waals surface area (Å²) < 4.78 is 0. The molecule has 4 fully saturated rings. The van der Waals surface area contributed by atoms with Crippen LogP contribution in [0, 0.1) is 23.2 Å². The highest BCUT2D eigenvalue weighted by Crippen LogP contribution is 2.66. The molecule has 4 aliphatic rings. The zero-order valence-corrected chi connectivity index (χ0v) is 11.9. The van der Waals surface area contributed by atoms with Crippen LogP contribution in [-0.4, -0.2) is 34.6 Å². The standard InChI is InChI=1S/C16H25NO2/c1-11-8-12-9-14(18)13-4-2-6-17-7-3-5-15(12,13)16(17,19)10-11/h11-13,19H,2-10H2,1H3/t11?,12-,13+,15?,16-/m0/s1. The number of ketones is 1. The van der Waals surface area contributed by atoms with Crippen molar-refractivity contribution >= 4 is 5.78 Å². The molecule has 0 radical (unpaired) electrons. The van der Waals surface area contributed by atoms with Gasteiger partial charge in [0.15, 0.2) is 0 Å². The van der Waals surface area contributed by atoms with E-state index in [1.807, 2.05) is 0 Å². The van der Waals surface area contributed by atoms with Crippen molar-refractivity contribution in [2.75, 3.05) is 13.1 Å². The number of Topliss-reactive ketones (excluding diaryl/α,β-unsaturated/α-hetero) is 1. The molecule has 2 bridgehead atoms. The van der Waals surface area contributed by atoms with E-state index in [-0.39, 0.29) is 11.3 Å². The van der Waals surface area contributed by atoms with Gasteiger partial charge in [-0.25, -0.2) is 0 Å². The SMILES string of the molecule is CC1C[C@H]2CC(=O)[C@H]3CCCN4CCCC23[C@@]4(O)C1. The van der Waals surface area contributed by atoms with E-state index in [0.717, 1.165) is 58.0 Å². The lowest BCUT2D eigenvalue weighted by Gasteiger charge is -2.61. The first-order chi connectivity index (χ1) is 9.08. The summed E-state index contributed by atoms with van der Waals surface area (Å²) in [7, 11) is 0. The van der Waals surface area contributed by atoms with Crippen LogP contribution in [-0.2, 0) is 4.79 Å². The molecule has 3 heteroatoms. The van der Waals surface area contributed by atoms with Crippen LogP contribution in [0.5, 0.6) is 0 Å². The lowest BCUT2D eigenvalue weighted by atomic mass is 9.53. The van der Waals surface area contributed by atoms with Crippen LogP contribution in [0.25, 0.3) is 0 Å². The minimum absolute atomic E-state index is 0.0919. The van der Waals surface area contributed by atoms with Crippen molar-refractivity contribution in [2.45, 2.75) is 57.6 Å². The molecule has 2 aliphatic heterocycles. The summed E-state index contributed by atoms with van der Waals surface area (Å²) >= 11 is 0. The molecule has 2 saturated carbocycles. The number of hydrogen-bond acceptors (Lipinski definition) is 3. The van der Waals surface area contributed by atoms with E-state index in [1.54, 1.807) is 0 Å². The molecule has 19 heavy (non-hydrogen) atoms. The zero-order valence-electron chi connectivity index (χ0n) is 11.9. The third-order valence-corrected chi connectivity index (χ3v) is 6.71. The highest BCUT2D eigenvalue weighted by Gasteiger charge is 2.69. The van der Waals surface area contributed by atoms with E-state index in [4.69, 9.17) is 0 Å². The van der Waals surface area contributed by atoms with Gasteiger partial charge in [0.2, 0.25) is 0 Å². The average molecular weight is 263 g/mol. The molecule has 1 spiro atoms. The van der Waals surface area contributed by atoms with E-state index in [0.29, 0.717) is 17.6 Å². The fourth-order valence-corrected chi connectivity index (χ4v) is 6.23. The van der Waals surface area contributed by atoms with Crippen molar-refractivity contribution in [1.82, 2.24) is 4.90 Å². The van der Waals surface area contributed by atoms with Gasteiger partial charge in [-0.05, 0) is 50.4 Å². The minimum atomic E-state index is -0.680. The molecule has 6 atom stereocenters. The second-order valence-electron chi connectivity index (χ2n) is 7.55. The second-order valence-corrected chi connectivity index (χ2v) is 7.55. The van der Waals surface area contributed by atoms with E-state index in [1.165, 1.54) is 0 Å². The normalized spacial score (nSPS) is 56.6. The first-order valence-electron chi connectivity index (χ1n) is 8.08. The Bertz CT molecular complexity index is 423. The molecule has 4 rings (SSSR count). The number of carbonyl (C=O) groups is 1. The molecular weight excluding hydrogens is 238 g/mol. The van der Waals surface area contributed by atoms with Crippen LogP contribution in [0.1, 0.15) is 51.9 Å². The van der Waals surface area contributed by atoms with Crippen LogP contribution in [0.2, 0.25) is 0 Å². The monoisotopic (exact) mass is 263 g/mol. The molecule has 2 heterocycles. The van der Waals surface area contributed by atoms with Gasteiger partial charge in [0.25, 0.3) is 0 Å². The molecule has 2 saturated heterocycles. The Morgan fingerprint density at radius 2 is 2.11 bits per heavy atom. The molecule has 0 aromatic carbocycles. The fraction of sp³-hybridized carbons (Fsp3) is 0.938. The number of aliphatic hydroxyl groups is 1. The third kappa shape index (κ3) is 1.33. The van der Waals surface area contributed by atoms with E-state index < -0.39 is 5.72 Å². The quantitative estimate of drug-likeness (QED) is 0.728. The lowest BCUT2D eigenvalue weighted by Crippen LogP contribution is -2.68. The smallest absolute Gasteiger partial charge is 0.137 e. The molecule has 106 valence electrons. The molecule has 3 nitrogen and oxygen atoms in total. The van der Waals surface area contributed by atoms with Crippen LogP contribution in [0.15, 0.2) is 0 Å². The predicted molar refractivity (Wildman–Crippen MR) is 72.4 cm³/mol. The predicted octanol–water partition coefficient (Wildman–Crippen LogP) is 2.19. The van der Waals surface area contributed by atoms with Gasteiger partial charge in [-0.15, -0.1) is 0 Å². The molecule has 2 aliphatic carbocycles. The summed E-state index contributed by atoms with van der Waals surface area (Å²) in [6.45, 7) is 4.27. The Morgan fingerprint density at radius 1 is 1.32 bits per heavy atom. The van der Waals surface area contributed by atoms with E-state index in [9.17, 15) is 9.90 Å². The van der Waals surface area contributed by atoms with Crippen LogP contribution in [0.4, 0.5) is 0 Å². The lowest BCUT2D eigenvalue weighted by molar-refractivity contribution is -0.264. The van der Waals surface area contributed by atoms with Crippen LogP contribution >= 0.6 is 0 Å². The topological polar surface area (TPSA) is 40.5 Å². The maximum Gasteiger partial charge on any atom is 0.137 e. The molecule has 1 N–H and O–H groups in total. The molecule has 0 amide bonds. The van der Waals surface area contributed by atoms with Gasteiger partial charge in [0.05, 0.1) is 0 Å². The highest BCUT2D eigenvalue weighted by atomic mass is 16.3.